The molecule has 1 atom stereocenters. The molecule has 1 aliphatic heterocycles. The van der Waals surface area contributed by atoms with Gasteiger partial charge in [0.05, 0.1) is 11.5 Å². The van der Waals surface area contributed by atoms with Crippen LogP contribution in [-0.4, -0.2) is 43.4 Å². The second kappa shape index (κ2) is 6.31. The van der Waals surface area contributed by atoms with Crippen LogP contribution in [0.5, 0.6) is 0 Å². The van der Waals surface area contributed by atoms with Crippen molar-refractivity contribution < 1.29 is 4.52 Å². The maximum atomic E-state index is 5.56. The van der Waals surface area contributed by atoms with Crippen LogP contribution in [0.2, 0.25) is 0 Å². The molecule has 1 aliphatic rings. The summed E-state index contributed by atoms with van der Waals surface area (Å²) < 4.78 is 7.55. The van der Waals surface area contributed by atoms with Crippen molar-refractivity contribution >= 4 is 0 Å². The number of aryl methyl sites for hydroxylation is 1. The van der Waals surface area contributed by atoms with E-state index in [4.69, 9.17) is 4.52 Å². The third-order valence-corrected chi connectivity index (χ3v) is 5.05. The lowest BCUT2D eigenvalue weighted by molar-refractivity contribution is 0.170. The molecule has 3 heterocycles. The molecule has 0 bridgehead atoms. The first-order valence-electron chi connectivity index (χ1n) is 8.83. The summed E-state index contributed by atoms with van der Waals surface area (Å²) in [6.45, 7) is 13.2. The van der Waals surface area contributed by atoms with Gasteiger partial charge in [-0.2, -0.15) is 10.1 Å². The Labute approximate surface area is 144 Å². The van der Waals surface area contributed by atoms with Crippen molar-refractivity contribution in [3.05, 3.63) is 30.2 Å². The van der Waals surface area contributed by atoms with Crippen molar-refractivity contribution in [2.75, 3.05) is 13.1 Å². The van der Waals surface area contributed by atoms with Gasteiger partial charge in [-0.05, 0) is 60.1 Å². The van der Waals surface area contributed by atoms with Gasteiger partial charge in [0, 0.05) is 30.9 Å². The standard InChI is InChI=1S/C18H29N5O/c1-17(2,3)22-12-8-14(13-22)16-20-15(21-24-16)7-9-18(4,5)23-11-6-10-19-23/h6,10-11,14H,7-9,12-13H2,1-5H3. The minimum atomic E-state index is -0.0549. The second-order valence-electron chi connectivity index (χ2n) is 8.41. The maximum Gasteiger partial charge on any atom is 0.231 e. The van der Waals surface area contributed by atoms with E-state index < -0.39 is 0 Å². The molecule has 1 saturated heterocycles. The molecule has 6 heteroatoms. The van der Waals surface area contributed by atoms with Gasteiger partial charge in [0.2, 0.25) is 5.89 Å². The quantitative estimate of drug-likeness (QED) is 0.842. The fourth-order valence-corrected chi connectivity index (χ4v) is 3.27. The van der Waals surface area contributed by atoms with Crippen molar-refractivity contribution in [1.82, 2.24) is 24.8 Å². The molecule has 6 nitrogen and oxygen atoms in total. The molecular weight excluding hydrogens is 302 g/mol. The zero-order valence-electron chi connectivity index (χ0n) is 15.5. The van der Waals surface area contributed by atoms with E-state index in [0.29, 0.717) is 5.92 Å². The fourth-order valence-electron chi connectivity index (χ4n) is 3.27. The summed E-state index contributed by atoms with van der Waals surface area (Å²) in [5.74, 6) is 1.97. The van der Waals surface area contributed by atoms with E-state index >= 15 is 0 Å². The number of likely N-dealkylation sites (tertiary alicyclic amines) is 1. The third-order valence-electron chi connectivity index (χ3n) is 5.05. The van der Waals surface area contributed by atoms with Gasteiger partial charge in [-0.3, -0.25) is 9.58 Å². The SMILES string of the molecule is CC(C)(C)N1CCC(c2nc(CCC(C)(C)n3cccn3)no2)C1. The first-order chi connectivity index (χ1) is 11.3. The molecule has 0 aromatic carbocycles. The molecule has 2 aromatic rings. The lowest BCUT2D eigenvalue weighted by Gasteiger charge is -2.31. The zero-order valence-corrected chi connectivity index (χ0v) is 15.5. The zero-order chi connectivity index (χ0) is 17.4. The minimum absolute atomic E-state index is 0.0549. The largest absolute Gasteiger partial charge is 0.339 e. The molecule has 2 aromatic heterocycles. The van der Waals surface area contributed by atoms with E-state index in [9.17, 15) is 0 Å². The van der Waals surface area contributed by atoms with Crippen molar-refractivity contribution in [2.24, 2.45) is 0 Å². The van der Waals surface area contributed by atoms with Gasteiger partial charge in [0.25, 0.3) is 0 Å². The first kappa shape index (κ1) is 17.1. The number of hydrogen-bond acceptors (Lipinski definition) is 5. The maximum absolute atomic E-state index is 5.56. The summed E-state index contributed by atoms with van der Waals surface area (Å²) in [7, 11) is 0. The highest BCUT2D eigenvalue weighted by Crippen LogP contribution is 2.31. The topological polar surface area (TPSA) is 60.0 Å². The van der Waals surface area contributed by atoms with Crippen LogP contribution >= 0.6 is 0 Å². The van der Waals surface area contributed by atoms with Gasteiger partial charge in [-0.15, -0.1) is 0 Å². The Balaban J connectivity index is 1.59. The highest BCUT2D eigenvalue weighted by atomic mass is 16.5. The Kier molecular flexibility index (Phi) is 4.51. The van der Waals surface area contributed by atoms with E-state index in [1.165, 1.54) is 0 Å². The smallest absolute Gasteiger partial charge is 0.231 e. The summed E-state index contributed by atoms with van der Waals surface area (Å²) in [5, 5.41) is 8.54. The fraction of sp³-hybridized carbons (Fsp3) is 0.722. The summed E-state index contributed by atoms with van der Waals surface area (Å²) in [5.41, 5.74) is 0.145. The summed E-state index contributed by atoms with van der Waals surface area (Å²) in [6, 6.07) is 1.95. The van der Waals surface area contributed by atoms with Crippen LogP contribution in [0.25, 0.3) is 0 Å². The Morgan fingerprint density at radius 2 is 2.04 bits per heavy atom. The Morgan fingerprint density at radius 1 is 1.25 bits per heavy atom. The van der Waals surface area contributed by atoms with Gasteiger partial charge >= 0.3 is 0 Å². The van der Waals surface area contributed by atoms with Crippen LogP contribution in [0.4, 0.5) is 0 Å². The van der Waals surface area contributed by atoms with E-state index in [1.54, 1.807) is 0 Å². The Bertz CT molecular complexity index is 653. The van der Waals surface area contributed by atoms with Crippen molar-refractivity contribution in [2.45, 2.75) is 70.9 Å². The molecule has 0 aliphatic carbocycles. The average Bonchev–Trinajstić information content (AvgIpc) is 3.23. The van der Waals surface area contributed by atoms with E-state index in [2.05, 4.69) is 54.8 Å². The van der Waals surface area contributed by atoms with Crippen LogP contribution in [0.15, 0.2) is 23.0 Å². The normalized spacial score (nSPS) is 20.0. The monoisotopic (exact) mass is 331 g/mol. The van der Waals surface area contributed by atoms with Crippen molar-refractivity contribution in [3.8, 4) is 0 Å². The van der Waals surface area contributed by atoms with Crippen LogP contribution in [-0.2, 0) is 12.0 Å². The van der Waals surface area contributed by atoms with E-state index in [1.807, 2.05) is 23.1 Å². The van der Waals surface area contributed by atoms with E-state index in [0.717, 1.165) is 44.1 Å². The van der Waals surface area contributed by atoms with Crippen LogP contribution in [0, 0.1) is 0 Å². The highest BCUT2D eigenvalue weighted by Gasteiger charge is 2.34. The Morgan fingerprint density at radius 3 is 2.67 bits per heavy atom. The van der Waals surface area contributed by atoms with Gasteiger partial charge in [0.1, 0.15) is 0 Å². The average molecular weight is 331 g/mol. The van der Waals surface area contributed by atoms with Gasteiger partial charge in [0.15, 0.2) is 5.82 Å². The summed E-state index contributed by atoms with van der Waals surface area (Å²) in [6.07, 6.45) is 6.63. The molecule has 0 N–H and O–H groups in total. The Hall–Kier alpha value is -1.69. The van der Waals surface area contributed by atoms with Gasteiger partial charge < -0.3 is 4.52 Å². The number of rotatable bonds is 5. The molecule has 132 valence electrons. The first-order valence-corrected chi connectivity index (χ1v) is 8.83. The van der Waals surface area contributed by atoms with Gasteiger partial charge in [-0.1, -0.05) is 5.16 Å². The molecule has 1 unspecified atom stereocenters. The lowest BCUT2D eigenvalue weighted by atomic mass is 9.98. The summed E-state index contributed by atoms with van der Waals surface area (Å²) in [4.78, 5) is 7.15. The number of aromatic nitrogens is 4. The molecular formula is C18H29N5O. The molecule has 3 rings (SSSR count). The lowest BCUT2D eigenvalue weighted by Crippen LogP contribution is -2.39. The van der Waals surface area contributed by atoms with Crippen molar-refractivity contribution in [3.63, 3.8) is 0 Å². The third kappa shape index (κ3) is 3.69. The molecule has 0 spiro atoms. The van der Waals surface area contributed by atoms with E-state index in [-0.39, 0.29) is 11.1 Å². The molecule has 1 fully saturated rings. The number of nitrogens with zero attached hydrogens (tertiary/aromatic N) is 5. The molecule has 24 heavy (non-hydrogen) atoms. The van der Waals surface area contributed by atoms with Gasteiger partial charge in [-0.25, -0.2) is 0 Å². The highest BCUT2D eigenvalue weighted by molar-refractivity contribution is 5.01. The van der Waals surface area contributed by atoms with Crippen LogP contribution < -0.4 is 0 Å². The predicted molar refractivity (Wildman–Crippen MR) is 92.9 cm³/mol. The predicted octanol–water partition coefficient (Wildman–Crippen LogP) is 3.22. The summed E-state index contributed by atoms with van der Waals surface area (Å²) >= 11 is 0. The molecule has 0 saturated carbocycles. The number of hydrogen-bond donors (Lipinski definition) is 0. The molecule has 0 amide bonds. The van der Waals surface area contributed by atoms with Crippen LogP contribution in [0.3, 0.4) is 0 Å². The molecule has 0 radical (unpaired) electrons. The minimum Gasteiger partial charge on any atom is -0.339 e. The van der Waals surface area contributed by atoms with Crippen LogP contribution in [0.1, 0.15) is 65.1 Å². The second-order valence-corrected chi connectivity index (χ2v) is 8.41. The van der Waals surface area contributed by atoms with Crippen molar-refractivity contribution in [1.29, 1.82) is 0 Å².